The van der Waals surface area contributed by atoms with Crippen molar-refractivity contribution in [2.45, 2.75) is 32.7 Å². The highest BCUT2D eigenvalue weighted by Crippen LogP contribution is 2.28. The summed E-state index contributed by atoms with van der Waals surface area (Å²) in [5.74, 6) is -0.587. The van der Waals surface area contributed by atoms with E-state index in [0.717, 1.165) is 41.8 Å². The number of primary amides is 1. The van der Waals surface area contributed by atoms with Gasteiger partial charge in [-0.15, -0.1) is 0 Å². The summed E-state index contributed by atoms with van der Waals surface area (Å²) in [6, 6.07) is 15.3. The minimum absolute atomic E-state index is 0.0867. The number of amides is 2. The van der Waals surface area contributed by atoms with Crippen molar-refractivity contribution in [3.05, 3.63) is 65.2 Å². The molecule has 1 aliphatic rings. The zero-order valence-electron chi connectivity index (χ0n) is 15.9. The summed E-state index contributed by atoms with van der Waals surface area (Å²) in [5, 5.41) is 3.07. The van der Waals surface area contributed by atoms with Gasteiger partial charge in [0.1, 0.15) is 6.04 Å². The second-order valence-electron chi connectivity index (χ2n) is 7.42. The first kappa shape index (κ1) is 19.1. The summed E-state index contributed by atoms with van der Waals surface area (Å²) in [6.07, 6.45) is 1.64. The van der Waals surface area contributed by atoms with E-state index in [9.17, 15) is 9.59 Å². The van der Waals surface area contributed by atoms with Crippen LogP contribution in [-0.2, 0) is 9.59 Å². The van der Waals surface area contributed by atoms with Gasteiger partial charge in [0.15, 0.2) is 0 Å². The third-order valence-electron chi connectivity index (χ3n) is 5.07. The van der Waals surface area contributed by atoms with Crippen LogP contribution in [0.15, 0.2) is 48.5 Å². The van der Waals surface area contributed by atoms with Crippen LogP contribution < -0.4 is 11.1 Å². The summed E-state index contributed by atoms with van der Waals surface area (Å²) < 4.78 is 0. The van der Waals surface area contributed by atoms with E-state index in [1.807, 2.05) is 56.3 Å². The second-order valence-corrected chi connectivity index (χ2v) is 7.42. The van der Waals surface area contributed by atoms with Crippen LogP contribution >= 0.6 is 0 Å². The molecule has 1 heterocycles. The maximum atomic E-state index is 13.2. The lowest BCUT2D eigenvalue weighted by Gasteiger charge is -2.36. The molecule has 0 aliphatic carbocycles. The Kier molecular flexibility index (Phi) is 5.91. The van der Waals surface area contributed by atoms with Crippen molar-refractivity contribution in [1.29, 1.82) is 0 Å². The fourth-order valence-corrected chi connectivity index (χ4v) is 3.89. The molecular weight excluding hydrogens is 338 g/mol. The first-order chi connectivity index (χ1) is 12.9. The molecule has 2 aromatic rings. The molecule has 2 aromatic carbocycles. The van der Waals surface area contributed by atoms with Gasteiger partial charge in [0.25, 0.3) is 0 Å². The largest absolute Gasteiger partial charge is 0.369 e. The van der Waals surface area contributed by atoms with Crippen molar-refractivity contribution in [3.8, 4) is 0 Å². The van der Waals surface area contributed by atoms with Gasteiger partial charge in [-0.25, -0.2) is 0 Å². The first-order valence-electron chi connectivity index (χ1n) is 9.41. The van der Waals surface area contributed by atoms with Crippen LogP contribution in [0.4, 0.5) is 5.69 Å². The Morgan fingerprint density at radius 3 is 2.41 bits per heavy atom. The Bertz CT molecular complexity index is 799. The average molecular weight is 365 g/mol. The lowest BCUT2D eigenvalue weighted by Crippen LogP contribution is -2.46. The molecule has 0 aromatic heterocycles. The molecule has 0 spiro atoms. The van der Waals surface area contributed by atoms with E-state index in [2.05, 4.69) is 16.3 Å². The number of hydrogen-bond acceptors (Lipinski definition) is 3. The van der Waals surface area contributed by atoms with Gasteiger partial charge in [0, 0.05) is 12.2 Å². The number of hydrogen-bond donors (Lipinski definition) is 2. The number of aryl methyl sites for hydroxylation is 2. The van der Waals surface area contributed by atoms with E-state index < -0.39 is 6.04 Å². The molecule has 5 heteroatoms. The van der Waals surface area contributed by atoms with E-state index in [0.29, 0.717) is 6.54 Å². The van der Waals surface area contributed by atoms with Crippen LogP contribution in [0.1, 0.15) is 35.6 Å². The fourth-order valence-electron chi connectivity index (χ4n) is 3.89. The number of carbonyl (C=O) groups excluding carboxylic acids is 2. The molecule has 0 radical (unpaired) electrons. The van der Waals surface area contributed by atoms with Crippen molar-refractivity contribution in [2.24, 2.45) is 11.7 Å². The summed E-state index contributed by atoms with van der Waals surface area (Å²) in [6.45, 7) is 5.30. The number of nitrogens with one attached hydrogen (secondary N) is 1. The molecule has 2 unspecified atom stereocenters. The molecule has 1 fully saturated rings. The topological polar surface area (TPSA) is 75.4 Å². The summed E-state index contributed by atoms with van der Waals surface area (Å²) in [5.41, 5.74) is 9.46. The van der Waals surface area contributed by atoms with Gasteiger partial charge in [0.05, 0.1) is 5.92 Å². The number of piperidine rings is 1. The standard InChI is InChI=1S/C22H27N3O2/c1-15-11-16(2)13-19(12-15)24-22(27)20(17-7-4-3-5-8-17)25-10-6-9-18(14-25)21(23)26/h3-5,7-8,11-13,18,20H,6,9-10,14H2,1-2H3,(H2,23,26)(H,24,27). The average Bonchev–Trinajstić information content (AvgIpc) is 2.62. The van der Waals surface area contributed by atoms with Crippen molar-refractivity contribution < 1.29 is 9.59 Å². The highest BCUT2D eigenvalue weighted by molar-refractivity contribution is 5.95. The Labute approximate surface area is 160 Å². The third-order valence-corrected chi connectivity index (χ3v) is 5.07. The van der Waals surface area contributed by atoms with Crippen LogP contribution in [0.5, 0.6) is 0 Å². The van der Waals surface area contributed by atoms with E-state index in [4.69, 9.17) is 5.73 Å². The molecule has 5 nitrogen and oxygen atoms in total. The van der Waals surface area contributed by atoms with Gasteiger partial charge >= 0.3 is 0 Å². The predicted molar refractivity (Wildman–Crippen MR) is 107 cm³/mol. The van der Waals surface area contributed by atoms with Crippen molar-refractivity contribution in [2.75, 3.05) is 18.4 Å². The Morgan fingerprint density at radius 1 is 1.11 bits per heavy atom. The monoisotopic (exact) mass is 365 g/mol. The molecule has 27 heavy (non-hydrogen) atoms. The van der Waals surface area contributed by atoms with Crippen LogP contribution in [0.3, 0.4) is 0 Å². The molecule has 142 valence electrons. The minimum atomic E-state index is -0.450. The van der Waals surface area contributed by atoms with E-state index in [-0.39, 0.29) is 17.7 Å². The van der Waals surface area contributed by atoms with Crippen LogP contribution in [-0.4, -0.2) is 29.8 Å². The smallest absolute Gasteiger partial charge is 0.246 e. The number of likely N-dealkylation sites (tertiary alicyclic amines) is 1. The SMILES string of the molecule is Cc1cc(C)cc(NC(=O)C(c2ccccc2)N2CCCC(C(N)=O)C2)c1. The van der Waals surface area contributed by atoms with Gasteiger partial charge in [0.2, 0.25) is 11.8 Å². The maximum Gasteiger partial charge on any atom is 0.246 e. The number of anilines is 1. The lowest BCUT2D eigenvalue weighted by atomic mass is 9.94. The van der Waals surface area contributed by atoms with E-state index >= 15 is 0 Å². The lowest BCUT2D eigenvalue weighted by molar-refractivity contribution is -0.127. The number of nitrogens with zero attached hydrogens (tertiary/aromatic N) is 1. The molecule has 0 bridgehead atoms. The molecular formula is C22H27N3O2. The maximum absolute atomic E-state index is 13.2. The molecule has 0 saturated carbocycles. The molecule has 3 rings (SSSR count). The zero-order chi connectivity index (χ0) is 19.4. The quantitative estimate of drug-likeness (QED) is 0.854. The number of benzene rings is 2. The van der Waals surface area contributed by atoms with Crippen LogP contribution in [0.25, 0.3) is 0 Å². The zero-order valence-corrected chi connectivity index (χ0v) is 15.9. The van der Waals surface area contributed by atoms with Gasteiger partial charge in [-0.3, -0.25) is 14.5 Å². The van der Waals surface area contributed by atoms with Gasteiger partial charge in [-0.2, -0.15) is 0 Å². The van der Waals surface area contributed by atoms with E-state index in [1.165, 1.54) is 0 Å². The molecule has 3 N–H and O–H groups in total. The van der Waals surface area contributed by atoms with Gasteiger partial charge in [-0.1, -0.05) is 36.4 Å². The van der Waals surface area contributed by atoms with Gasteiger partial charge in [-0.05, 0) is 62.1 Å². The highest BCUT2D eigenvalue weighted by Gasteiger charge is 2.33. The van der Waals surface area contributed by atoms with Crippen LogP contribution in [0.2, 0.25) is 0 Å². The predicted octanol–water partition coefficient (Wildman–Crippen LogP) is 3.18. The molecule has 1 saturated heterocycles. The highest BCUT2D eigenvalue weighted by atomic mass is 16.2. The summed E-state index contributed by atoms with van der Waals surface area (Å²) >= 11 is 0. The van der Waals surface area contributed by atoms with Crippen molar-refractivity contribution in [1.82, 2.24) is 4.90 Å². The molecule has 1 aliphatic heterocycles. The minimum Gasteiger partial charge on any atom is -0.369 e. The van der Waals surface area contributed by atoms with Crippen LogP contribution in [0, 0.1) is 19.8 Å². The normalized spacial score (nSPS) is 18.7. The number of rotatable bonds is 5. The first-order valence-corrected chi connectivity index (χ1v) is 9.41. The fraction of sp³-hybridized carbons (Fsp3) is 0.364. The second kappa shape index (κ2) is 8.35. The Morgan fingerprint density at radius 2 is 1.78 bits per heavy atom. The Balaban J connectivity index is 1.87. The van der Waals surface area contributed by atoms with Gasteiger partial charge < -0.3 is 11.1 Å². The summed E-state index contributed by atoms with van der Waals surface area (Å²) in [7, 11) is 0. The number of nitrogens with two attached hydrogens (primary N) is 1. The Hall–Kier alpha value is -2.66. The van der Waals surface area contributed by atoms with Crippen molar-refractivity contribution in [3.63, 3.8) is 0 Å². The molecule has 2 atom stereocenters. The summed E-state index contributed by atoms with van der Waals surface area (Å²) in [4.78, 5) is 27.0. The van der Waals surface area contributed by atoms with E-state index in [1.54, 1.807) is 0 Å². The van der Waals surface area contributed by atoms with Crippen molar-refractivity contribution >= 4 is 17.5 Å². The molecule has 2 amide bonds. The third kappa shape index (κ3) is 4.74. The number of carbonyl (C=O) groups is 2.